The summed E-state index contributed by atoms with van der Waals surface area (Å²) in [5.74, 6) is -2.10. The number of anilines is 1. The van der Waals surface area contributed by atoms with Gasteiger partial charge < -0.3 is 14.3 Å². The first kappa shape index (κ1) is 20.3. The summed E-state index contributed by atoms with van der Waals surface area (Å²) in [7, 11) is -4.34. The molecule has 0 unspecified atom stereocenters. The van der Waals surface area contributed by atoms with Crippen molar-refractivity contribution in [2.45, 2.75) is 25.7 Å². The van der Waals surface area contributed by atoms with Crippen molar-refractivity contribution in [3.8, 4) is 0 Å². The zero-order valence-corrected chi connectivity index (χ0v) is 16.6. The maximum absolute atomic E-state index is 13.1. The molecule has 3 aromatic rings. The quantitative estimate of drug-likeness (QED) is 0.585. The van der Waals surface area contributed by atoms with Crippen molar-refractivity contribution in [2.75, 3.05) is 4.31 Å². The van der Waals surface area contributed by atoms with Crippen LogP contribution in [0, 0.1) is 6.92 Å². The van der Waals surface area contributed by atoms with Crippen molar-refractivity contribution in [1.29, 1.82) is 0 Å². The van der Waals surface area contributed by atoms with Crippen molar-refractivity contribution in [3.63, 3.8) is 0 Å². The molecule has 1 heterocycles. The van der Waals surface area contributed by atoms with Crippen LogP contribution in [-0.2, 0) is 14.8 Å². The molecule has 150 valence electrons. The number of hydrogen-bond acceptors (Lipinski definition) is 7. The highest BCUT2D eigenvalue weighted by Crippen LogP contribution is 2.32. The van der Waals surface area contributed by atoms with E-state index in [9.17, 15) is 27.9 Å². The highest BCUT2D eigenvalue weighted by Gasteiger charge is 2.29. The number of hydrogen-bond donors (Lipinski definition) is 0. The lowest BCUT2D eigenvalue weighted by Gasteiger charge is -2.21. The first-order valence-corrected chi connectivity index (χ1v) is 9.89. The molecule has 29 heavy (non-hydrogen) atoms. The molecule has 0 fully saturated rings. The summed E-state index contributed by atoms with van der Waals surface area (Å²) in [5, 5.41) is 11.3. The number of aryl methyl sites for hydroxylation is 1. The molecule has 0 aliphatic heterocycles. The van der Waals surface area contributed by atoms with Crippen molar-refractivity contribution in [1.82, 2.24) is 0 Å². The van der Waals surface area contributed by atoms with E-state index in [4.69, 9.17) is 4.42 Å². The van der Waals surface area contributed by atoms with Crippen LogP contribution in [0.2, 0.25) is 0 Å². The van der Waals surface area contributed by atoms with Gasteiger partial charge in [-0.2, -0.15) is 0 Å². The number of amides is 1. The Morgan fingerprint density at radius 3 is 2.14 bits per heavy atom. The van der Waals surface area contributed by atoms with E-state index in [1.54, 1.807) is 6.92 Å². The van der Waals surface area contributed by atoms with Gasteiger partial charge >= 0.3 is 0 Å². The monoisotopic (exact) mass is 414 g/mol. The number of nitrogens with zero attached hydrogens (tertiary/aromatic N) is 1. The molecule has 0 spiro atoms. The molecule has 0 bridgehead atoms. The first-order chi connectivity index (χ1) is 13.5. The number of carbonyl (C=O) groups is 3. The van der Waals surface area contributed by atoms with Gasteiger partial charge in [0.05, 0.1) is 22.1 Å². The second-order valence-corrected chi connectivity index (χ2v) is 8.16. The van der Waals surface area contributed by atoms with Crippen LogP contribution in [0.15, 0.2) is 51.8 Å². The molecule has 0 saturated heterocycles. The molecule has 1 amide bonds. The number of carboxylic acids is 1. The Morgan fingerprint density at radius 2 is 1.62 bits per heavy atom. The van der Waals surface area contributed by atoms with Gasteiger partial charge in [0.2, 0.25) is 5.91 Å². The van der Waals surface area contributed by atoms with Crippen LogP contribution in [0.25, 0.3) is 11.0 Å². The number of furan rings is 1. The lowest BCUT2D eigenvalue weighted by Crippen LogP contribution is -2.35. The number of fused-ring (bicyclic) bond motifs is 1. The smallest absolute Gasteiger partial charge is 0.270 e. The van der Waals surface area contributed by atoms with Crippen LogP contribution in [0.5, 0.6) is 0 Å². The summed E-state index contributed by atoms with van der Waals surface area (Å²) in [5.41, 5.74) is 0.522. The molecule has 1 aromatic heterocycles. The zero-order valence-electron chi connectivity index (χ0n) is 15.8. The molecule has 8 nitrogen and oxygen atoms in total. The van der Waals surface area contributed by atoms with Gasteiger partial charge in [0, 0.05) is 12.3 Å². The Balaban J connectivity index is 2.17. The highest BCUT2D eigenvalue weighted by atomic mass is 32.2. The minimum Gasteiger partial charge on any atom is -0.545 e. The summed E-state index contributed by atoms with van der Waals surface area (Å²) in [6.45, 7) is 4.07. The third kappa shape index (κ3) is 3.52. The Morgan fingerprint density at radius 1 is 1.00 bits per heavy atom. The molecule has 0 aliphatic rings. The van der Waals surface area contributed by atoms with E-state index in [0.29, 0.717) is 26.6 Å². The van der Waals surface area contributed by atoms with Crippen LogP contribution in [0.4, 0.5) is 5.69 Å². The minimum atomic E-state index is -4.34. The summed E-state index contributed by atoms with van der Waals surface area (Å²) in [6.07, 6.45) is 0. The van der Waals surface area contributed by atoms with E-state index in [0.717, 1.165) is 31.2 Å². The fourth-order valence-corrected chi connectivity index (χ4v) is 4.55. The van der Waals surface area contributed by atoms with E-state index in [-0.39, 0.29) is 21.9 Å². The van der Waals surface area contributed by atoms with Crippen molar-refractivity contribution in [3.05, 3.63) is 59.4 Å². The largest absolute Gasteiger partial charge is 0.545 e. The van der Waals surface area contributed by atoms with E-state index >= 15 is 0 Å². The average molecular weight is 414 g/mol. The van der Waals surface area contributed by atoms with Gasteiger partial charge in [0.25, 0.3) is 10.0 Å². The minimum absolute atomic E-state index is 0.0253. The molecule has 0 saturated carbocycles. The van der Waals surface area contributed by atoms with Crippen LogP contribution < -0.4 is 9.41 Å². The third-order valence-electron chi connectivity index (χ3n) is 4.35. The third-order valence-corrected chi connectivity index (χ3v) is 6.16. The summed E-state index contributed by atoms with van der Waals surface area (Å²) in [4.78, 5) is 34.8. The number of carbonyl (C=O) groups excluding carboxylic acids is 3. The maximum Gasteiger partial charge on any atom is 0.270 e. The van der Waals surface area contributed by atoms with E-state index in [1.165, 1.54) is 25.1 Å². The van der Waals surface area contributed by atoms with Crippen LogP contribution >= 0.6 is 0 Å². The predicted molar refractivity (Wildman–Crippen MR) is 102 cm³/mol. The SMILES string of the molecule is CC(=O)c1c(C)oc2ccc(N(C(C)=O)S(=O)(=O)c3ccc(C(=O)[O-])cc3)cc12. The van der Waals surface area contributed by atoms with Gasteiger partial charge in [-0.15, -0.1) is 0 Å². The van der Waals surface area contributed by atoms with Crippen molar-refractivity contribution >= 4 is 44.3 Å². The Bertz CT molecular complexity index is 1250. The molecule has 0 atom stereocenters. The van der Waals surface area contributed by atoms with Crippen LogP contribution in [-0.4, -0.2) is 26.1 Å². The molecule has 2 aromatic carbocycles. The fraction of sp³-hybridized carbons (Fsp3) is 0.150. The molecular weight excluding hydrogens is 398 g/mol. The van der Waals surface area contributed by atoms with Gasteiger partial charge in [-0.1, -0.05) is 12.1 Å². The molecular formula is C20H16NO7S-. The summed E-state index contributed by atoms with van der Waals surface area (Å²) >= 11 is 0. The lowest BCUT2D eigenvalue weighted by molar-refractivity contribution is -0.255. The van der Waals surface area contributed by atoms with Gasteiger partial charge in [0.1, 0.15) is 11.3 Å². The number of aromatic carboxylic acids is 1. The van der Waals surface area contributed by atoms with Gasteiger partial charge in [0.15, 0.2) is 5.78 Å². The Labute approximate surface area is 166 Å². The van der Waals surface area contributed by atoms with Gasteiger partial charge in [-0.3, -0.25) is 9.59 Å². The Kier molecular flexibility index (Phi) is 5.02. The molecule has 0 aliphatic carbocycles. The second kappa shape index (κ2) is 7.17. The number of sulfonamides is 1. The molecule has 0 radical (unpaired) electrons. The summed E-state index contributed by atoms with van der Waals surface area (Å²) < 4.78 is 32.3. The predicted octanol–water partition coefficient (Wildman–Crippen LogP) is 2.05. The summed E-state index contributed by atoms with van der Waals surface area (Å²) in [6, 6.07) is 8.60. The number of Topliss-reactive ketones (excluding diaryl/α,β-unsaturated/α-hetero) is 1. The standard InChI is InChI=1S/C20H17NO7S/c1-11(22)19-12(2)28-18-9-6-15(10-17(18)19)21(13(3)23)29(26,27)16-7-4-14(5-8-16)20(24)25/h4-10H,1-3H3,(H,24,25)/p-1. The van der Waals surface area contributed by atoms with Gasteiger partial charge in [-0.25, -0.2) is 12.7 Å². The first-order valence-electron chi connectivity index (χ1n) is 8.45. The van der Waals surface area contributed by atoms with Crippen molar-refractivity contribution < 1.29 is 32.3 Å². The van der Waals surface area contributed by atoms with E-state index in [2.05, 4.69) is 0 Å². The number of rotatable bonds is 5. The topological polar surface area (TPSA) is 125 Å². The second-order valence-electron chi connectivity index (χ2n) is 6.37. The number of ketones is 1. The normalized spacial score (nSPS) is 11.4. The van der Waals surface area contributed by atoms with E-state index in [1.807, 2.05) is 0 Å². The fourth-order valence-electron chi connectivity index (χ4n) is 3.13. The van der Waals surface area contributed by atoms with Crippen molar-refractivity contribution in [2.24, 2.45) is 0 Å². The Hall–Kier alpha value is -3.46. The average Bonchev–Trinajstić information content (AvgIpc) is 2.96. The molecule has 0 N–H and O–H groups in total. The maximum atomic E-state index is 13.1. The van der Waals surface area contributed by atoms with Crippen LogP contribution in [0.3, 0.4) is 0 Å². The lowest BCUT2D eigenvalue weighted by atomic mass is 10.1. The zero-order chi connectivity index (χ0) is 21.5. The van der Waals surface area contributed by atoms with E-state index < -0.39 is 21.9 Å². The number of benzene rings is 2. The highest BCUT2D eigenvalue weighted by molar-refractivity contribution is 7.93. The molecule has 9 heteroatoms. The number of carboxylic acid groups (broad SMARTS) is 1. The van der Waals surface area contributed by atoms with Crippen LogP contribution in [0.1, 0.15) is 40.3 Å². The molecule has 3 rings (SSSR count). The van der Waals surface area contributed by atoms with Gasteiger partial charge in [-0.05, 0) is 49.7 Å².